The molecule has 4 rings (SSSR count). The van der Waals surface area contributed by atoms with E-state index in [9.17, 15) is 17.6 Å². The third kappa shape index (κ3) is 6.27. The van der Waals surface area contributed by atoms with Crippen LogP contribution in [0.3, 0.4) is 0 Å². The zero-order valence-electron chi connectivity index (χ0n) is 19.8. The molecule has 1 saturated carbocycles. The van der Waals surface area contributed by atoms with Gasteiger partial charge in [-0.15, -0.1) is 0 Å². The molecule has 1 saturated heterocycles. The summed E-state index contributed by atoms with van der Waals surface area (Å²) in [6, 6.07) is 7.74. The maximum atomic E-state index is 13.6. The number of halogens is 4. The molecule has 0 bridgehead atoms. The van der Waals surface area contributed by atoms with Crippen molar-refractivity contribution in [1.82, 2.24) is 9.62 Å². The number of ether oxygens (including phenoxy) is 1. The SMILES string of the molecule is Cc1c(S(=O)(=O)NC(=O)C2CCC(N3CCC(Oc4ccc(Cl)c(Cl)c4)CC3)CC2)ccc(F)c1Cl. The van der Waals surface area contributed by atoms with Crippen LogP contribution in [-0.4, -0.2) is 44.5 Å². The Balaban J connectivity index is 1.26. The summed E-state index contributed by atoms with van der Waals surface area (Å²) in [7, 11) is -4.14. The summed E-state index contributed by atoms with van der Waals surface area (Å²) in [6.07, 6.45) is 4.73. The zero-order valence-corrected chi connectivity index (χ0v) is 22.9. The maximum absolute atomic E-state index is 13.6. The largest absolute Gasteiger partial charge is 0.490 e. The number of rotatable bonds is 6. The molecule has 1 heterocycles. The van der Waals surface area contributed by atoms with Gasteiger partial charge in [-0.1, -0.05) is 34.8 Å². The van der Waals surface area contributed by atoms with E-state index in [1.807, 2.05) is 6.07 Å². The fourth-order valence-electron chi connectivity index (χ4n) is 5.00. The second-order valence-corrected chi connectivity index (χ2v) is 12.2. The van der Waals surface area contributed by atoms with E-state index >= 15 is 0 Å². The number of carbonyl (C=O) groups excluding carboxylic acids is 1. The van der Waals surface area contributed by atoms with Gasteiger partial charge in [0.05, 0.1) is 20.0 Å². The zero-order chi connectivity index (χ0) is 26.0. The van der Waals surface area contributed by atoms with Gasteiger partial charge in [-0.2, -0.15) is 0 Å². The van der Waals surface area contributed by atoms with Crippen LogP contribution in [0, 0.1) is 18.7 Å². The number of piperidine rings is 1. The number of hydrogen-bond acceptors (Lipinski definition) is 5. The van der Waals surface area contributed by atoms with Crippen molar-refractivity contribution in [2.24, 2.45) is 5.92 Å². The predicted octanol–water partition coefficient (Wildman–Crippen LogP) is 6.00. The molecule has 2 aromatic carbocycles. The predicted molar refractivity (Wildman–Crippen MR) is 139 cm³/mol. The second-order valence-electron chi connectivity index (χ2n) is 9.39. The highest BCUT2D eigenvalue weighted by atomic mass is 35.5. The minimum atomic E-state index is -4.14. The molecule has 196 valence electrons. The van der Waals surface area contributed by atoms with Crippen LogP contribution in [-0.2, 0) is 14.8 Å². The van der Waals surface area contributed by atoms with Crippen LogP contribution < -0.4 is 9.46 Å². The van der Waals surface area contributed by atoms with Gasteiger partial charge in [0.1, 0.15) is 17.7 Å². The van der Waals surface area contributed by atoms with Crippen molar-refractivity contribution in [3.05, 3.63) is 56.8 Å². The standard InChI is InChI=1S/C25H28Cl3FN2O4S/c1-15-23(9-8-22(29)24(15)28)36(33,34)30-25(32)16-2-4-17(5-3-16)31-12-10-18(11-13-31)35-19-6-7-20(26)21(27)14-19/h6-9,14,16-18H,2-5,10-13H2,1H3,(H,30,32). The average molecular weight is 578 g/mol. The summed E-state index contributed by atoms with van der Waals surface area (Å²) < 4.78 is 47.3. The molecule has 0 unspecified atom stereocenters. The van der Waals surface area contributed by atoms with Crippen molar-refractivity contribution in [3.63, 3.8) is 0 Å². The lowest BCUT2D eigenvalue weighted by atomic mass is 9.84. The van der Waals surface area contributed by atoms with Crippen molar-refractivity contribution >= 4 is 50.7 Å². The molecule has 1 aliphatic heterocycles. The Morgan fingerprint density at radius 3 is 2.31 bits per heavy atom. The van der Waals surface area contributed by atoms with Gasteiger partial charge in [0, 0.05) is 31.1 Å². The van der Waals surface area contributed by atoms with Gasteiger partial charge in [-0.05, 0) is 75.3 Å². The summed E-state index contributed by atoms with van der Waals surface area (Å²) in [6.45, 7) is 3.20. The summed E-state index contributed by atoms with van der Waals surface area (Å²) >= 11 is 17.9. The maximum Gasteiger partial charge on any atom is 0.264 e. The second kappa shape index (κ2) is 11.4. The molecule has 36 heavy (non-hydrogen) atoms. The number of sulfonamides is 1. The molecule has 1 aliphatic carbocycles. The first-order chi connectivity index (χ1) is 17.0. The molecule has 2 aromatic rings. The number of nitrogens with one attached hydrogen (secondary N) is 1. The Morgan fingerprint density at radius 1 is 1.00 bits per heavy atom. The van der Waals surface area contributed by atoms with E-state index in [2.05, 4.69) is 9.62 Å². The molecule has 6 nitrogen and oxygen atoms in total. The van der Waals surface area contributed by atoms with Gasteiger partial charge >= 0.3 is 0 Å². The molecular formula is C25H28Cl3FN2O4S. The van der Waals surface area contributed by atoms with Gasteiger partial charge in [0.2, 0.25) is 5.91 Å². The van der Waals surface area contributed by atoms with Crippen LogP contribution in [0.2, 0.25) is 15.1 Å². The number of amides is 1. The van der Waals surface area contributed by atoms with Crippen molar-refractivity contribution < 1.29 is 22.3 Å². The summed E-state index contributed by atoms with van der Waals surface area (Å²) in [5, 5.41) is 0.699. The van der Waals surface area contributed by atoms with Crippen molar-refractivity contribution in [1.29, 1.82) is 0 Å². The first-order valence-corrected chi connectivity index (χ1v) is 14.5. The Kier molecular flexibility index (Phi) is 8.72. The quantitative estimate of drug-likeness (QED) is 0.456. The van der Waals surface area contributed by atoms with Crippen LogP contribution in [0.1, 0.15) is 44.1 Å². The highest BCUT2D eigenvalue weighted by Crippen LogP contribution is 2.32. The molecular weight excluding hydrogens is 550 g/mol. The smallest absolute Gasteiger partial charge is 0.264 e. The molecule has 0 aromatic heterocycles. The van der Waals surface area contributed by atoms with Crippen molar-refractivity contribution in [2.75, 3.05) is 13.1 Å². The first kappa shape index (κ1) is 27.5. The normalized spacial score (nSPS) is 21.8. The minimum Gasteiger partial charge on any atom is -0.490 e. The lowest BCUT2D eigenvalue weighted by Crippen LogP contribution is -2.46. The van der Waals surface area contributed by atoms with Crippen LogP contribution in [0.4, 0.5) is 4.39 Å². The Bertz CT molecular complexity index is 1230. The summed E-state index contributed by atoms with van der Waals surface area (Å²) in [5.41, 5.74) is 0.0761. The Labute approximate surface area is 226 Å². The van der Waals surface area contributed by atoms with Gasteiger partial charge in [-0.25, -0.2) is 17.5 Å². The number of carbonyl (C=O) groups is 1. The van der Waals surface area contributed by atoms with Crippen LogP contribution in [0.15, 0.2) is 35.2 Å². The number of likely N-dealkylation sites (tertiary alicyclic amines) is 1. The van der Waals surface area contributed by atoms with E-state index in [4.69, 9.17) is 39.5 Å². The molecule has 1 amide bonds. The molecule has 0 radical (unpaired) electrons. The Morgan fingerprint density at radius 2 is 1.67 bits per heavy atom. The molecule has 1 N–H and O–H groups in total. The van der Waals surface area contributed by atoms with E-state index in [-0.39, 0.29) is 27.5 Å². The van der Waals surface area contributed by atoms with E-state index in [1.165, 1.54) is 6.92 Å². The number of hydrogen-bond donors (Lipinski definition) is 1. The Hall–Kier alpha value is -1.58. The van der Waals surface area contributed by atoms with Crippen molar-refractivity contribution in [3.8, 4) is 5.75 Å². The molecule has 2 fully saturated rings. The van der Waals surface area contributed by atoms with E-state index in [0.29, 0.717) is 34.7 Å². The van der Waals surface area contributed by atoms with Crippen LogP contribution in [0.5, 0.6) is 5.75 Å². The molecule has 0 atom stereocenters. The molecule has 2 aliphatic rings. The van der Waals surface area contributed by atoms with E-state index in [0.717, 1.165) is 50.9 Å². The highest BCUT2D eigenvalue weighted by molar-refractivity contribution is 7.90. The first-order valence-electron chi connectivity index (χ1n) is 11.9. The fourth-order valence-corrected chi connectivity index (χ4v) is 6.80. The molecule has 11 heteroatoms. The minimum absolute atomic E-state index is 0.0761. The lowest BCUT2D eigenvalue weighted by Gasteiger charge is -2.40. The van der Waals surface area contributed by atoms with Gasteiger partial charge < -0.3 is 9.64 Å². The number of benzene rings is 2. The van der Waals surface area contributed by atoms with Gasteiger partial charge in [0.25, 0.3) is 10.0 Å². The fraction of sp³-hybridized carbons (Fsp3) is 0.480. The van der Waals surface area contributed by atoms with E-state index < -0.39 is 21.7 Å². The van der Waals surface area contributed by atoms with Gasteiger partial charge in [0.15, 0.2) is 0 Å². The lowest BCUT2D eigenvalue weighted by molar-refractivity contribution is -0.124. The summed E-state index contributed by atoms with van der Waals surface area (Å²) in [5.74, 6) is -0.907. The monoisotopic (exact) mass is 576 g/mol. The third-order valence-electron chi connectivity index (χ3n) is 7.07. The molecule has 0 spiro atoms. The summed E-state index contributed by atoms with van der Waals surface area (Å²) in [4.78, 5) is 15.0. The van der Waals surface area contributed by atoms with Gasteiger partial charge in [-0.3, -0.25) is 4.79 Å². The van der Waals surface area contributed by atoms with E-state index in [1.54, 1.807) is 12.1 Å². The average Bonchev–Trinajstić information content (AvgIpc) is 2.85. The van der Waals surface area contributed by atoms with Crippen LogP contribution in [0.25, 0.3) is 0 Å². The third-order valence-corrected chi connectivity index (χ3v) is 9.76. The van der Waals surface area contributed by atoms with Crippen molar-refractivity contribution in [2.45, 2.75) is 62.5 Å². The number of nitrogens with zero attached hydrogens (tertiary/aromatic N) is 1. The highest BCUT2D eigenvalue weighted by Gasteiger charge is 2.33. The topological polar surface area (TPSA) is 75.7 Å². The van der Waals surface area contributed by atoms with Crippen LogP contribution >= 0.6 is 34.8 Å².